The van der Waals surface area contributed by atoms with Crippen LogP contribution in [0.25, 0.3) is 0 Å². The lowest BCUT2D eigenvalue weighted by Gasteiger charge is -2.01. The minimum Gasteiger partial charge on any atom is -0.371 e. The highest BCUT2D eigenvalue weighted by molar-refractivity contribution is 5.13. The molecule has 0 spiro atoms. The summed E-state index contributed by atoms with van der Waals surface area (Å²) >= 11 is 0. The zero-order valence-electron chi connectivity index (χ0n) is 7.57. The van der Waals surface area contributed by atoms with E-state index in [1.54, 1.807) is 12.3 Å². The quantitative estimate of drug-likeness (QED) is 0.545. The SMILES string of the molecule is C=CCOCc1ccc(CN)cn1. The molecule has 13 heavy (non-hydrogen) atoms. The third-order valence-corrected chi connectivity index (χ3v) is 1.61. The summed E-state index contributed by atoms with van der Waals surface area (Å²) in [5.74, 6) is 0. The average molecular weight is 178 g/mol. The third kappa shape index (κ3) is 3.36. The van der Waals surface area contributed by atoms with Crippen LogP contribution in [0, 0.1) is 0 Å². The molecule has 0 aliphatic heterocycles. The molecule has 0 unspecified atom stereocenters. The summed E-state index contributed by atoms with van der Waals surface area (Å²) in [4.78, 5) is 4.18. The van der Waals surface area contributed by atoms with Gasteiger partial charge in [-0.2, -0.15) is 0 Å². The largest absolute Gasteiger partial charge is 0.371 e. The van der Waals surface area contributed by atoms with Gasteiger partial charge in [-0.25, -0.2) is 0 Å². The number of hydrogen-bond acceptors (Lipinski definition) is 3. The van der Waals surface area contributed by atoms with Gasteiger partial charge in [-0.15, -0.1) is 6.58 Å². The van der Waals surface area contributed by atoms with Crippen LogP contribution in [0.5, 0.6) is 0 Å². The minimum absolute atomic E-state index is 0.525. The molecular weight excluding hydrogens is 164 g/mol. The predicted molar refractivity (Wildman–Crippen MR) is 52.0 cm³/mol. The van der Waals surface area contributed by atoms with Crippen LogP contribution in [0.1, 0.15) is 11.3 Å². The molecular formula is C10H14N2O. The minimum atomic E-state index is 0.525. The first-order valence-corrected chi connectivity index (χ1v) is 4.19. The Balaban J connectivity index is 2.44. The topological polar surface area (TPSA) is 48.1 Å². The Morgan fingerprint density at radius 2 is 2.38 bits per heavy atom. The van der Waals surface area contributed by atoms with Crippen LogP contribution in [-0.2, 0) is 17.9 Å². The predicted octanol–water partition coefficient (Wildman–Crippen LogP) is 1.24. The van der Waals surface area contributed by atoms with Crippen molar-refractivity contribution in [1.29, 1.82) is 0 Å². The zero-order chi connectivity index (χ0) is 9.52. The molecule has 3 nitrogen and oxygen atoms in total. The summed E-state index contributed by atoms with van der Waals surface area (Å²) in [5.41, 5.74) is 7.39. The summed E-state index contributed by atoms with van der Waals surface area (Å²) in [7, 11) is 0. The van der Waals surface area contributed by atoms with Crippen LogP contribution >= 0.6 is 0 Å². The van der Waals surface area contributed by atoms with E-state index in [-0.39, 0.29) is 0 Å². The third-order valence-electron chi connectivity index (χ3n) is 1.61. The molecule has 1 heterocycles. The molecule has 1 aromatic rings. The van der Waals surface area contributed by atoms with Gasteiger partial charge in [0.1, 0.15) is 0 Å². The second-order valence-corrected chi connectivity index (χ2v) is 2.67. The molecule has 1 rings (SSSR count). The summed E-state index contributed by atoms with van der Waals surface area (Å²) in [6, 6.07) is 3.88. The number of pyridine rings is 1. The van der Waals surface area contributed by atoms with Crippen LogP contribution in [0.3, 0.4) is 0 Å². The van der Waals surface area contributed by atoms with Gasteiger partial charge in [0.05, 0.1) is 18.9 Å². The lowest BCUT2D eigenvalue weighted by molar-refractivity contribution is 0.146. The smallest absolute Gasteiger partial charge is 0.0892 e. The number of ether oxygens (including phenoxy) is 1. The van der Waals surface area contributed by atoms with Crippen molar-refractivity contribution >= 4 is 0 Å². The lowest BCUT2D eigenvalue weighted by Crippen LogP contribution is -1.99. The molecule has 70 valence electrons. The van der Waals surface area contributed by atoms with Gasteiger partial charge >= 0.3 is 0 Å². The fourth-order valence-electron chi connectivity index (χ4n) is 0.908. The van der Waals surface area contributed by atoms with E-state index in [1.807, 2.05) is 12.1 Å². The summed E-state index contributed by atoms with van der Waals surface area (Å²) in [6.07, 6.45) is 3.49. The van der Waals surface area contributed by atoms with E-state index in [2.05, 4.69) is 11.6 Å². The zero-order valence-corrected chi connectivity index (χ0v) is 7.57. The van der Waals surface area contributed by atoms with Gasteiger partial charge < -0.3 is 10.5 Å². The molecule has 0 atom stereocenters. The van der Waals surface area contributed by atoms with E-state index >= 15 is 0 Å². The number of rotatable bonds is 5. The number of hydrogen-bond donors (Lipinski definition) is 1. The molecule has 3 heteroatoms. The fourth-order valence-corrected chi connectivity index (χ4v) is 0.908. The van der Waals surface area contributed by atoms with Gasteiger partial charge in [0.2, 0.25) is 0 Å². The first kappa shape index (κ1) is 9.89. The van der Waals surface area contributed by atoms with Crippen molar-refractivity contribution in [2.75, 3.05) is 6.61 Å². The Labute approximate surface area is 78.2 Å². The second kappa shape index (κ2) is 5.45. The fraction of sp³-hybridized carbons (Fsp3) is 0.300. The normalized spacial score (nSPS) is 9.92. The Morgan fingerprint density at radius 1 is 1.54 bits per heavy atom. The van der Waals surface area contributed by atoms with Crippen molar-refractivity contribution in [3.05, 3.63) is 42.2 Å². The van der Waals surface area contributed by atoms with Crippen LogP contribution in [0.15, 0.2) is 31.0 Å². The van der Waals surface area contributed by atoms with Gasteiger partial charge in [-0.1, -0.05) is 12.1 Å². The Morgan fingerprint density at radius 3 is 2.92 bits per heavy atom. The summed E-state index contributed by atoms with van der Waals surface area (Å²) < 4.78 is 5.23. The highest BCUT2D eigenvalue weighted by atomic mass is 16.5. The molecule has 0 aliphatic carbocycles. The van der Waals surface area contributed by atoms with Gasteiger partial charge in [0, 0.05) is 12.7 Å². The van der Waals surface area contributed by atoms with Crippen LogP contribution < -0.4 is 5.73 Å². The lowest BCUT2D eigenvalue weighted by atomic mass is 10.2. The maximum absolute atomic E-state index is 5.44. The maximum Gasteiger partial charge on any atom is 0.0892 e. The molecule has 0 aromatic carbocycles. The van der Waals surface area contributed by atoms with Gasteiger partial charge in [-0.3, -0.25) is 4.98 Å². The maximum atomic E-state index is 5.44. The van der Waals surface area contributed by atoms with E-state index < -0.39 is 0 Å². The standard InChI is InChI=1S/C10H14N2O/c1-2-5-13-8-10-4-3-9(6-11)7-12-10/h2-4,7H,1,5-6,8,11H2. The Kier molecular flexibility index (Phi) is 4.15. The highest BCUT2D eigenvalue weighted by Crippen LogP contribution is 2.00. The van der Waals surface area contributed by atoms with E-state index in [1.165, 1.54) is 0 Å². The van der Waals surface area contributed by atoms with E-state index in [0.29, 0.717) is 19.8 Å². The second-order valence-electron chi connectivity index (χ2n) is 2.67. The Hall–Kier alpha value is -1.19. The van der Waals surface area contributed by atoms with E-state index in [0.717, 1.165) is 11.3 Å². The number of nitrogens with zero attached hydrogens (tertiary/aromatic N) is 1. The molecule has 0 saturated heterocycles. The molecule has 0 amide bonds. The average Bonchev–Trinajstić information content (AvgIpc) is 2.19. The van der Waals surface area contributed by atoms with Crippen molar-refractivity contribution in [2.24, 2.45) is 5.73 Å². The van der Waals surface area contributed by atoms with Crippen molar-refractivity contribution in [1.82, 2.24) is 4.98 Å². The van der Waals surface area contributed by atoms with E-state index in [9.17, 15) is 0 Å². The Bertz CT molecular complexity index is 256. The first-order valence-electron chi connectivity index (χ1n) is 4.19. The van der Waals surface area contributed by atoms with Crippen molar-refractivity contribution in [3.63, 3.8) is 0 Å². The molecule has 2 N–H and O–H groups in total. The molecule has 0 aliphatic rings. The monoisotopic (exact) mass is 178 g/mol. The number of nitrogens with two attached hydrogens (primary N) is 1. The summed E-state index contributed by atoms with van der Waals surface area (Å²) in [5, 5.41) is 0. The van der Waals surface area contributed by atoms with Crippen molar-refractivity contribution in [3.8, 4) is 0 Å². The molecule has 0 fully saturated rings. The van der Waals surface area contributed by atoms with Crippen LogP contribution in [0.2, 0.25) is 0 Å². The summed E-state index contributed by atoms with van der Waals surface area (Å²) in [6.45, 7) is 5.17. The molecule has 0 saturated carbocycles. The van der Waals surface area contributed by atoms with E-state index in [4.69, 9.17) is 10.5 Å². The van der Waals surface area contributed by atoms with Crippen LogP contribution in [-0.4, -0.2) is 11.6 Å². The van der Waals surface area contributed by atoms with Gasteiger partial charge in [-0.05, 0) is 11.6 Å². The van der Waals surface area contributed by atoms with Gasteiger partial charge in [0.25, 0.3) is 0 Å². The number of aromatic nitrogens is 1. The van der Waals surface area contributed by atoms with Gasteiger partial charge in [0.15, 0.2) is 0 Å². The van der Waals surface area contributed by atoms with Crippen molar-refractivity contribution in [2.45, 2.75) is 13.2 Å². The highest BCUT2D eigenvalue weighted by Gasteiger charge is 1.94. The first-order chi connectivity index (χ1) is 6.36. The molecule has 1 aromatic heterocycles. The van der Waals surface area contributed by atoms with Crippen LogP contribution in [0.4, 0.5) is 0 Å². The molecule has 0 radical (unpaired) electrons. The van der Waals surface area contributed by atoms with Crippen molar-refractivity contribution < 1.29 is 4.74 Å². The molecule has 0 bridgehead atoms.